The molecular weight excluding hydrogens is 266 g/mol. The van der Waals surface area contributed by atoms with Crippen molar-refractivity contribution < 1.29 is 9.90 Å². The highest BCUT2D eigenvalue weighted by atomic mass is 16.4. The van der Waals surface area contributed by atoms with Gasteiger partial charge in [-0.3, -0.25) is 0 Å². The number of carboxylic acids is 1. The van der Waals surface area contributed by atoms with Crippen molar-refractivity contribution in [2.24, 2.45) is 0 Å². The van der Waals surface area contributed by atoms with Crippen LogP contribution in [0.15, 0.2) is 18.2 Å². The summed E-state index contributed by atoms with van der Waals surface area (Å²) in [4.78, 5) is 18.1. The summed E-state index contributed by atoms with van der Waals surface area (Å²) in [7, 11) is 4.11. The number of aromatic carboxylic acids is 1. The van der Waals surface area contributed by atoms with Crippen LogP contribution in [0.4, 0.5) is 0 Å². The van der Waals surface area contributed by atoms with Crippen LogP contribution in [0.1, 0.15) is 35.9 Å². The van der Waals surface area contributed by atoms with Crippen LogP contribution in [-0.2, 0) is 13.0 Å². The highest BCUT2D eigenvalue weighted by Gasteiger charge is 2.16. The largest absolute Gasteiger partial charge is 0.478 e. The molecule has 0 amide bonds. The summed E-state index contributed by atoms with van der Waals surface area (Å²) < 4.78 is 2.18. The van der Waals surface area contributed by atoms with Crippen molar-refractivity contribution in [3.8, 4) is 0 Å². The highest BCUT2D eigenvalue weighted by Crippen LogP contribution is 2.21. The Hall–Kier alpha value is -1.88. The smallest absolute Gasteiger partial charge is 0.337 e. The van der Waals surface area contributed by atoms with E-state index in [9.17, 15) is 9.90 Å². The van der Waals surface area contributed by atoms with Gasteiger partial charge in [-0.05, 0) is 45.6 Å². The number of para-hydroxylation sites is 1. The zero-order chi connectivity index (χ0) is 15.4. The first-order valence-electron chi connectivity index (χ1n) is 7.40. The number of carboxylic acid groups (broad SMARTS) is 1. The lowest BCUT2D eigenvalue weighted by atomic mass is 10.2. The Balaban J connectivity index is 2.42. The number of aromatic nitrogens is 2. The summed E-state index contributed by atoms with van der Waals surface area (Å²) in [5, 5.41) is 9.31. The zero-order valence-electron chi connectivity index (χ0n) is 13.0. The second kappa shape index (κ2) is 6.72. The number of nitrogens with zero attached hydrogens (tertiary/aromatic N) is 3. The highest BCUT2D eigenvalue weighted by molar-refractivity contribution is 6.01. The molecule has 1 aromatic carbocycles. The predicted octanol–water partition coefficient (Wildman–Crippen LogP) is 2.64. The molecule has 0 saturated carbocycles. The average Bonchev–Trinajstić information content (AvgIpc) is 2.76. The Morgan fingerprint density at radius 2 is 2.14 bits per heavy atom. The maximum atomic E-state index is 11.3. The van der Waals surface area contributed by atoms with Crippen LogP contribution >= 0.6 is 0 Å². The Labute approximate surface area is 125 Å². The first-order chi connectivity index (χ1) is 10.0. The molecule has 0 radical (unpaired) electrons. The number of carbonyl (C=O) groups is 1. The third-order valence-corrected chi connectivity index (χ3v) is 3.55. The van der Waals surface area contributed by atoms with Gasteiger partial charge in [-0.15, -0.1) is 0 Å². The Morgan fingerprint density at radius 1 is 1.38 bits per heavy atom. The van der Waals surface area contributed by atoms with Gasteiger partial charge in [0.05, 0.1) is 11.1 Å². The van der Waals surface area contributed by atoms with E-state index in [0.717, 1.165) is 43.7 Å². The fourth-order valence-corrected chi connectivity index (χ4v) is 2.58. The van der Waals surface area contributed by atoms with Gasteiger partial charge in [0, 0.05) is 13.0 Å². The standard InChI is InChI=1S/C16H23N3O2/c1-4-7-14-17-15-12(16(20)21)8-5-9-13(15)19(14)11-6-10-18(2)3/h5,8-9H,4,6-7,10-11H2,1-3H3,(H,20,21). The van der Waals surface area contributed by atoms with Gasteiger partial charge in [-0.25, -0.2) is 9.78 Å². The molecule has 21 heavy (non-hydrogen) atoms. The summed E-state index contributed by atoms with van der Waals surface area (Å²) in [6.07, 6.45) is 2.89. The average molecular weight is 289 g/mol. The van der Waals surface area contributed by atoms with Crippen LogP contribution in [0.2, 0.25) is 0 Å². The lowest BCUT2D eigenvalue weighted by Gasteiger charge is -2.12. The molecule has 0 aliphatic carbocycles. The van der Waals surface area contributed by atoms with Crippen LogP contribution in [0.5, 0.6) is 0 Å². The van der Waals surface area contributed by atoms with E-state index in [2.05, 4.69) is 35.5 Å². The summed E-state index contributed by atoms with van der Waals surface area (Å²) in [6, 6.07) is 5.38. The third kappa shape index (κ3) is 3.42. The molecule has 2 aromatic rings. The van der Waals surface area contributed by atoms with Crippen molar-refractivity contribution in [2.75, 3.05) is 20.6 Å². The van der Waals surface area contributed by atoms with E-state index in [1.165, 1.54) is 0 Å². The molecule has 5 nitrogen and oxygen atoms in total. The van der Waals surface area contributed by atoms with Crippen molar-refractivity contribution in [3.05, 3.63) is 29.6 Å². The number of hydrogen-bond donors (Lipinski definition) is 1. The third-order valence-electron chi connectivity index (χ3n) is 3.55. The van der Waals surface area contributed by atoms with Gasteiger partial charge >= 0.3 is 5.97 Å². The molecule has 0 unspecified atom stereocenters. The van der Waals surface area contributed by atoms with Gasteiger partial charge in [0.25, 0.3) is 0 Å². The fourth-order valence-electron chi connectivity index (χ4n) is 2.58. The van der Waals surface area contributed by atoms with E-state index in [0.29, 0.717) is 5.52 Å². The SMILES string of the molecule is CCCc1nc2c(C(=O)O)cccc2n1CCCN(C)C. The predicted molar refractivity (Wildman–Crippen MR) is 83.9 cm³/mol. The lowest BCUT2D eigenvalue weighted by molar-refractivity contribution is 0.0699. The molecule has 1 N–H and O–H groups in total. The molecule has 0 fully saturated rings. The van der Waals surface area contributed by atoms with Crippen LogP contribution in [0.3, 0.4) is 0 Å². The van der Waals surface area contributed by atoms with E-state index < -0.39 is 5.97 Å². The van der Waals surface area contributed by atoms with Crippen molar-refractivity contribution in [2.45, 2.75) is 32.7 Å². The molecule has 0 atom stereocenters. The van der Waals surface area contributed by atoms with Gasteiger partial charge in [0.15, 0.2) is 0 Å². The number of hydrogen-bond acceptors (Lipinski definition) is 3. The molecule has 5 heteroatoms. The minimum absolute atomic E-state index is 0.288. The monoisotopic (exact) mass is 289 g/mol. The molecule has 2 rings (SSSR count). The number of rotatable bonds is 7. The van der Waals surface area contributed by atoms with Crippen molar-refractivity contribution >= 4 is 17.0 Å². The van der Waals surface area contributed by atoms with Crippen LogP contribution < -0.4 is 0 Å². The Bertz CT molecular complexity index is 632. The van der Waals surface area contributed by atoms with Crippen molar-refractivity contribution in [3.63, 3.8) is 0 Å². The molecule has 114 valence electrons. The Morgan fingerprint density at radius 3 is 2.76 bits per heavy atom. The number of aryl methyl sites for hydroxylation is 2. The van der Waals surface area contributed by atoms with E-state index in [4.69, 9.17) is 0 Å². The Kier molecular flexibility index (Phi) is 4.96. The molecule has 0 aliphatic rings. The van der Waals surface area contributed by atoms with Gasteiger partial charge in [-0.1, -0.05) is 13.0 Å². The maximum absolute atomic E-state index is 11.3. The molecule has 0 saturated heterocycles. The summed E-state index contributed by atoms with van der Waals surface area (Å²) in [6.45, 7) is 3.98. The van der Waals surface area contributed by atoms with Gasteiger partial charge in [0.1, 0.15) is 11.3 Å². The first-order valence-corrected chi connectivity index (χ1v) is 7.40. The summed E-state index contributed by atoms with van der Waals surface area (Å²) >= 11 is 0. The minimum atomic E-state index is -0.915. The van der Waals surface area contributed by atoms with E-state index in [1.54, 1.807) is 12.1 Å². The molecular formula is C16H23N3O2. The number of fused-ring (bicyclic) bond motifs is 1. The number of benzene rings is 1. The normalized spacial score (nSPS) is 11.4. The summed E-state index contributed by atoms with van der Waals surface area (Å²) in [5.41, 5.74) is 1.83. The fraction of sp³-hybridized carbons (Fsp3) is 0.500. The molecule has 1 aromatic heterocycles. The van der Waals surface area contributed by atoms with E-state index in [1.807, 2.05) is 6.07 Å². The minimum Gasteiger partial charge on any atom is -0.478 e. The van der Waals surface area contributed by atoms with Gasteiger partial charge in [-0.2, -0.15) is 0 Å². The topological polar surface area (TPSA) is 58.4 Å². The van der Waals surface area contributed by atoms with Crippen molar-refractivity contribution in [1.82, 2.24) is 14.5 Å². The van der Waals surface area contributed by atoms with E-state index >= 15 is 0 Å². The van der Waals surface area contributed by atoms with Crippen LogP contribution in [-0.4, -0.2) is 46.2 Å². The lowest BCUT2D eigenvalue weighted by Crippen LogP contribution is -2.15. The van der Waals surface area contributed by atoms with Crippen LogP contribution in [0.25, 0.3) is 11.0 Å². The molecule has 0 spiro atoms. The zero-order valence-corrected chi connectivity index (χ0v) is 13.0. The molecule has 0 bridgehead atoms. The van der Waals surface area contributed by atoms with E-state index in [-0.39, 0.29) is 5.56 Å². The molecule has 1 heterocycles. The quantitative estimate of drug-likeness (QED) is 0.851. The van der Waals surface area contributed by atoms with Crippen LogP contribution in [0, 0.1) is 0 Å². The van der Waals surface area contributed by atoms with Gasteiger partial charge < -0.3 is 14.6 Å². The second-order valence-corrected chi connectivity index (χ2v) is 5.56. The summed E-state index contributed by atoms with van der Waals surface area (Å²) in [5.74, 6) is 0.0709. The second-order valence-electron chi connectivity index (χ2n) is 5.56. The maximum Gasteiger partial charge on any atom is 0.337 e. The first kappa shape index (κ1) is 15.5. The molecule has 0 aliphatic heterocycles. The van der Waals surface area contributed by atoms with Crippen molar-refractivity contribution in [1.29, 1.82) is 0 Å². The number of imidazole rings is 1. The van der Waals surface area contributed by atoms with Gasteiger partial charge in [0.2, 0.25) is 0 Å².